The second-order valence-electron chi connectivity index (χ2n) is 5.89. The zero-order chi connectivity index (χ0) is 18.1. The molecule has 0 unspecified atom stereocenters. The van der Waals surface area contributed by atoms with Crippen LogP contribution in [0.1, 0.15) is 29.6 Å². The number of nitrogens with one attached hydrogen (secondary N) is 1. The molecule has 0 aromatic heterocycles. The second kappa shape index (κ2) is 10.2. The maximum atomic E-state index is 12.0. The fraction of sp³-hybridized carbons (Fsp3) is 0.300. The van der Waals surface area contributed by atoms with Crippen molar-refractivity contribution >= 4 is 40.0 Å². The first-order chi connectivity index (χ1) is 12.1. The lowest BCUT2D eigenvalue weighted by Gasteiger charge is -2.19. The number of carbonyl (C=O) groups excluding carboxylic acids is 2. The van der Waals surface area contributed by atoms with Crippen molar-refractivity contribution in [3.8, 4) is 0 Å². The number of rotatable bonds is 9. The zero-order valence-corrected chi connectivity index (χ0v) is 16.5. The largest absolute Gasteiger partial charge is 0.375 e. The van der Waals surface area contributed by atoms with Gasteiger partial charge in [-0.3, -0.25) is 9.59 Å². The molecular weight excluding hydrogens is 427 g/mol. The van der Waals surface area contributed by atoms with E-state index < -0.39 is 0 Å². The number of anilines is 1. The van der Waals surface area contributed by atoms with E-state index in [1.165, 1.54) is 0 Å². The Labute approximate surface area is 162 Å². The van der Waals surface area contributed by atoms with Gasteiger partial charge in [-0.15, -0.1) is 0 Å². The van der Waals surface area contributed by atoms with Crippen molar-refractivity contribution in [2.45, 2.75) is 19.3 Å². The summed E-state index contributed by atoms with van der Waals surface area (Å²) < 4.78 is 1.09. The van der Waals surface area contributed by atoms with Gasteiger partial charge in [-0.2, -0.15) is 0 Å². The predicted molar refractivity (Wildman–Crippen MR) is 110 cm³/mol. The minimum absolute atomic E-state index is 0.00959. The van der Waals surface area contributed by atoms with E-state index in [4.69, 9.17) is 0 Å². The number of nitrogens with zero attached hydrogens (tertiary/aromatic N) is 1. The minimum atomic E-state index is -0.0683. The molecule has 0 saturated heterocycles. The lowest BCUT2D eigenvalue weighted by atomic mass is 10.1. The lowest BCUT2D eigenvalue weighted by molar-refractivity contribution is -0.121. The first-order valence-electron chi connectivity index (χ1n) is 8.38. The Hall–Kier alpha value is -1.89. The van der Waals surface area contributed by atoms with E-state index in [1.807, 2.05) is 37.4 Å². The van der Waals surface area contributed by atoms with Crippen molar-refractivity contribution in [1.82, 2.24) is 5.32 Å². The number of halogens is 1. The molecule has 2 rings (SSSR count). The number of hydrogen-bond acceptors (Lipinski definition) is 3. The van der Waals surface area contributed by atoms with Gasteiger partial charge in [0.25, 0.3) is 0 Å². The highest BCUT2D eigenvalue weighted by Crippen LogP contribution is 2.11. The molecule has 132 valence electrons. The van der Waals surface area contributed by atoms with Gasteiger partial charge in [0.05, 0.1) is 0 Å². The van der Waals surface area contributed by atoms with E-state index in [9.17, 15) is 9.59 Å². The SMILES string of the molecule is CN(CCCNC(=O)CCC(=O)c1ccc(I)cc1)c1ccccc1. The van der Waals surface area contributed by atoms with Crippen molar-refractivity contribution < 1.29 is 9.59 Å². The van der Waals surface area contributed by atoms with E-state index in [1.54, 1.807) is 12.1 Å². The molecule has 5 heteroatoms. The zero-order valence-electron chi connectivity index (χ0n) is 14.4. The van der Waals surface area contributed by atoms with Crippen LogP contribution in [0.5, 0.6) is 0 Å². The minimum Gasteiger partial charge on any atom is -0.375 e. The molecule has 1 N–H and O–H groups in total. The molecule has 25 heavy (non-hydrogen) atoms. The highest BCUT2D eigenvalue weighted by atomic mass is 127. The number of amides is 1. The highest BCUT2D eigenvalue weighted by Gasteiger charge is 2.09. The third-order valence-electron chi connectivity index (χ3n) is 3.93. The average molecular weight is 450 g/mol. The van der Waals surface area contributed by atoms with Gasteiger partial charge in [0, 0.05) is 47.8 Å². The fourth-order valence-corrected chi connectivity index (χ4v) is 2.81. The molecule has 0 heterocycles. The summed E-state index contributed by atoms with van der Waals surface area (Å²) in [7, 11) is 2.04. The van der Waals surface area contributed by atoms with Gasteiger partial charge in [-0.25, -0.2) is 0 Å². The van der Waals surface area contributed by atoms with E-state index >= 15 is 0 Å². The van der Waals surface area contributed by atoms with Gasteiger partial charge in [0.15, 0.2) is 5.78 Å². The van der Waals surface area contributed by atoms with E-state index in [2.05, 4.69) is 44.9 Å². The summed E-state index contributed by atoms with van der Waals surface area (Å²) >= 11 is 2.20. The standard InChI is InChI=1S/C20H23IN2O2/c1-23(18-6-3-2-4-7-18)15-5-14-22-20(25)13-12-19(24)16-8-10-17(21)11-9-16/h2-4,6-11H,5,12-15H2,1H3,(H,22,25). The molecule has 0 aliphatic carbocycles. The Bertz CT molecular complexity index is 687. The molecule has 0 saturated carbocycles. The summed E-state index contributed by atoms with van der Waals surface area (Å²) in [5, 5.41) is 2.89. The van der Waals surface area contributed by atoms with E-state index in [0.717, 1.165) is 22.2 Å². The van der Waals surface area contributed by atoms with Crippen LogP contribution in [0.3, 0.4) is 0 Å². The van der Waals surface area contributed by atoms with Gasteiger partial charge < -0.3 is 10.2 Å². The van der Waals surface area contributed by atoms with Crippen LogP contribution < -0.4 is 10.2 Å². The number of para-hydroxylation sites is 1. The molecule has 0 radical (unpaired) electrons. The molecule has 0 aliphatic heterocycles. The van der Waals surface area contributed by atoms with Crippen LogP contribution in [-0.4, -0.2) is 31.8 Å². The Morgan fingerprint density at radius 1 is 1.00 bits per heavy atom. The van der Waals surface area contributed by atoms with Gasteiger partial charge >= 0.3 is 0 Å². The molecule has 0 bridgehead atoms. The van der Waals surface area contributed by atoms with Crippen LogP contribution in [0.15, 0.2) is 54.6 Å². The monoisotopic (exact) mass is 450 g/mol. The second-order valence-corrected chi connectivity index (χ2v) is 7.14. The van der Waals surface area contributed by atoms with Crippen LogP contribution in [0.2, 0.25) is 0 Å². The fourth-order valence-electron chi connectivity index (χ4n) is 2.45. The van der Waals surface area contributed by atoms with Crippen molar-refractivity contribution in [2.24, 2.45) is 0 Å². The smallest absolute Gasteiger partial charge is 0.220 e. The van der Waals surface area contributed by atoms with Crippen LogP contribution in [0.4, 0.5) is 5.69 Å². The highest BCUT2D eigenvalue weighted by molar-refractivity contribution is 14.1. The molecule has 2 aromatic carbocycles. The number of hydrogen-bond donors (Lipinski definition) is 1. The van der Waals surface area contributed by atoms with Gasteiger partial charge in [-0.05, 0) is 53.3 Å². The van der Waals surface area contributed by atoms with Crippen LogP contribution in [-0.2, 0) is 4.79 Å². The predicted octanol–water partition coefficient (Wildman–Crippen LogP) is 3.90. The summed E-state index contributed by atoms with van der Waals surface area (Å²) in [6.45, 7) is 1.49. The van der Waals surface area contributed by atoms with Crippen molar-refractivity contribution in [1.29, 1.82) is 0 Å². The molecule has 0 fully saturated rings. The molecule has 2 aromatic rings. The summed E-state index contributed by atoms with van der Waals surface area (Å²) in [5.41, 5.74) is 1.83. The Kier molecular flexibility index (Phi) is 7.91. The van der Waals surface area contributed by atoms with Crippen molar-refractivity contribution in [3.05, 3.63) is 63.7 Å². The third kappa shape index (κ3) is 6.86. The Balaban J connectivity index is 1.62. The molecular formula is C20H23IN2O2. The molecule has 1 amide bonds. The van der Waals surface area contributed by atoms with Crippen LogP contribution in [0.25, 0.3) is 0 Å². The average Bonchev–Trinajstić information content (AvgIpc) is 2.64. The first-order valence-corrected chi connectivity index (χ1v) is 9.46. The normalized spacial score (nSPS) is 10.3. The quantitative estimate of drug-likeness (QED) is 0.358. The molecule has 0 aliphatic rings. The summed E-state index contributed by atoms with van der Waals surface area (Å²) in [4.78, 5) is 26.1. The van der Waals surface area contributed by atoms with Crippen molar-refractivity contribution in [2.75, 3.05) is 25.0 Å². The maximum Gasteiger partial charge on any atom is 0.220 e. The van der Waals surface area contributed by atoms with Gasteiger partial charge in [0.1, 0.15) is 0 Å². The van der Waals surface area contributed by atoms with Crippen LogP contribution in [0, 0.1) is 3.57 Å². The first kappa shape index (κ1) is 19.4. The Morgan fingerprint density at radius 3 is 2.36 bits per heavy atom. The van der Waals surface area contributed by atoms with Gasteiger partial charge in [0.2, 0.25) is 5.91 Å². The van der Waals surface area contributed by atoms with Gasteiger partial charge in [-0.1, -0.05) is 30.3 Å². The van der Waals surface area contributed by atoms with E-state index in [0.29, 0.717) is 12.1 Å². The Morgan fingerprint density at radius 2 is 1.68 bits per heavy atom. The number of carbonyl (C=O) groups is 2. The van der Waals surface area contributed by atoms with E-state index in [-0.39, 0.29) is 24.5 Å². The third-order valence-corrected chi connectivity index (χ3v) is 4.65. The number of benzene rings is 2. The van der Waals surface area contributed by atoms with Crippen molar-refractivity contribution in [3.63, 3.8) is 0 Å². The number of ketones is 1. The summed E-state index contributed by atoms with van der Waals surface area (Å²) in [6, 6.07) is 17.6. The molecule has 0 spiro atoms. The maximum absolute atomic E-state index is 12.0. The summed E-state index contributed by atoms with van der Waals surface area (Å²) in [5.74, 6) is -0.0587. The lowest BCUT2D eigenvalue weighted by Crippen LogP contribution is -2.28. The topological polar surface area (TPSA) is 49.4 Å². The number of Topliss-reactive ketones (excluding diaryl/α,β-unsaturated/α-hetero) is 1. The molecule has 0 atom stereocenters. The molecule has 4 nitrogen and oxygen atoms in total. The summed E-state index contributed by atoms with van der Waals surface area (Å²) in [6.07, 6.45) is 1.35. The van der Waals surface area contributed by atoms with Crippen LogP contribution >= 0.6 is 22.6 Å².